The molecule has 17 heavy (non-hydrogen) atoms. The number of halogens is 3. The molecule has 0 atom stereocenters. The van der Waals surface area contributed by atoms with Gasteiger partial charge in [0.05, 0.1) is 10.0 Å². The van der Waals surface area contributed by atoms with Gasteiger partial charge in [-0.05, 0) is 12.1 Å². The van der Waals surface area contributed by atoms with Crippen molar-refractivity contribution in [2.75, 3.05) is 7.05 Å². The number of aromatic nitrogens is 2. The second-order valence-corrected chi connectivity index (χ2v) is 4.45. The molecule has 1 aromatic carbocycles. The van der Waals surface area contributed by atoms with Crippen molar-refractivity contribution < 1.29 is 4.79 Å². The fraction of sp³-hybridized carbons (Fsp3) is 0.100. The molecular formula is C10H6Cl3N3O. The summed E-state index contributed by atoms with van der Waals surface area (Å²) in [4.78, 5) is 11.5. The normalized spacial score (nSPS) is 10.6. The van der Waals surface area contributed by atoms with Gasteiger partial charge >= 0.3 is 0 Å². The van der Waals surface area contributed by atoms with Crippen LogP contribution in [0.3, 0.4) is 0 Å². The predicted octanol–water partition coefficient (Wildman–Crippen LogP) is 2.95. The van der Waals surface area contributed by atoms with Gasteiger partial charge in [-0.1, -0.05) is 34.8 Å². The summed E-state index contributed by atoms with van der Waals surface area (Å²) in [5.41, 5.74) is 0.453. The highest BCUT2D eigenvalue weighted by Crippen LogP contribution is 2.31. The van der Waals surface area contributed by atoms with Crippen LogP contribution in [0.4, 0.5) is 0 Å². The Labute approximate surface area is 112 Å². The number of carbonyl (C=O) groups excluding carboxylic acids is 1. The standard InChI is InChI=1S/C10H6Cl3N3O/c1-14-10(17)9-7(13)5-2-4(11)3-6(12)8(5)15-16-9/h2-3H,1H3,(H,14,17). The molecule has 0 unspecified atom stereocenters. The molecule has 0 saturated carbocycles. The van der Waals surface area contributed by atoms with Crippen LogP contribution >= 0.6 is 34.8 Å². The number of carbonyl (C=O) groups is 1. The number of rotatable bonds is 1. The Hall–Kier alpha value is -1.10. The predicted molar refractivity (Wildman–Crippen MR) is 68.0 cm³/mol. The minimum atomic E-state index is -0.416. The number of benzene rings is 1. The van der Waals surface area contributed by atoms with Gasteiger partial charge in [-0.2, -0.15) is 0 Å². The first-order chi connectivity index (χ1) is 8.04. The molecule has 88 valence electrons. The van der Waals surface area contributed by atoms with Crippen LogP contribution in [-0.2, 0) is 0 Å². The third kappa shape index (κ3) is 2.16. The van der Waals surface area contributed by atoms with E-state index in [0.29, 0.717) is 20.9 Å². The van der Waals surface area contributed by atoms with E-state index in [1.807, 2.05) is 0 Å². The molecule has 4 nitrogen and oxygen atoms in total. The molecule has 0 fully saturated rings. The Morgan fingerprint density at radius 1 is 1.24 bits per heavy atom. The third-order valence-electron chi connectivity index (χ3n) is 2.16. The number of nitrogens with zero attached hydrogens (tertiary/aromatic N) is 2. The molecule has 0 aliphatic heterocycles. The van der Waals surface area contributed by atoms with Crippen molar-refractivity contribution in [1.82, 2.24) is 15.5 Å². The van der Waals surface area contributed by atoms with Crippen LogP contribution in [-0.4, -0.2) is 23.2 Å². The Morgan fingerprint density at radius 2 is 1.94 bits per heavy atom. The number of nitrogens with one attached hydrogen (secondary N) is 1. The lowest BCUT2D eigenvalue weighted by atomic mass is 10.2. The van der Waals surface area contributed by atoms with Crippen molar-refractivity contribution in [3.63, 3.8) is 0 Å². The molecule has 0 bridgehead atoms. The Balaban J connectivity index is 2.79. The highest BCUT2D eigenvalue weighted by atomic mass is 35.5. The first kappa shape index (κ1) is 12.4. The van der Waals surface area contributed by atoms with Crippen LogP contribution in [0, 0.1) is 0 Å². The molecule has 1 heterocycles. The first-order valence-corrected chi connectivity index (χ1v) is 5.71. The van der Waals surface area contributed by atoms with Crippen molar-refractivity contribution in [3.05, 3.63) is 32.9 Å². The second kappa shape index (κ2) is 4.64. The molecular weight excluding hydrogens is 284 g/mol. The van der Waals surface area contributed by atoms with Crippen molar-refractivity contribution in [2.45, 2.75) is 0 Å². The SMILES string of the molecule is CNC(=O)c1nnc2c(Cl)cc(Cl)cc2c1Cl. The van der Waals surface area contributed by atoms with E-state index in [9.17, 15) is 4.79 Å². The van der Waals surface area contributed by atoms with Gasteiger partial charge in [0.15, 0.2) is 5.69 Å². The molecule has 0 spiro atoms. The van der Waals surface area contributed by atoms with Gasteiger partial charge in [-0.15, -0.1) is 10.2 Å². The average Bonchev–Trinajstić information content (AvgIpc) is 2.29. The van der Waals surface area contributed by atoms with Gasteiger partial charge in [0.25, 0.3) is 5.91 Å². The van der Waals surface area contributed by atoms with Gasteiger partial charge < -0.3 is 5.32 Å². The number of hydrogen-bond donors (Lipinski definition) is 1. The molecule has 7 heteroatoms. The largest absolute Gasteiger partial charge is 0.354 e. The van der Waals surface area contributed by atoms with Crippen molar-refractivity contribution in [2.24, 2.45) is 0 Å². The van der Waals surface area contributed by atoms with Crippen molar-refractivity contribution in [3.8, 4) is 0 Å². The lowest BCUT2D eigenvalue weighted by molar-refractivity contribution is 0.0957. The van der Waals surface area contributed by atoms with Gasteiger partial charge in [0, 0.05) is 17.5 Å². The van der Waals surface area contributed by atoms with Gasteiger partial charge in [0.1, 0.15) is 5.52 Å². The van der Waals surface area contributed by atoms with Crippen LogP contribution in [0.15, 0.2) is 12.1 Å². The van der Waals surface area contributed by atoms with E-state index < -0.39 is 5.91 Å². The van der Waals surface area contributed by atoms with E-state index in [4.69, 9.17) is 34.8 Å². The first-order valence-electron chi connectivity index (χ1n) is 4.57. The summed E-state index contributed by atoms with van der Waals surface area (Å²) < 4.78 is 0. The summed E-state index contributed by atoms with van der Waals surface area (Å²) >= 11 is 17.9. The Bertz CT molecular complexity index is 615. The number of amides is 1. The third-order valence-corrected chi connectivity index (χ3v) is 3.05. The van der Waals surface area contributed by atoms with Crippen LogP contribution in [0.2, 0.25) is 15.1 Å². The average molecular weight is 291 g/mol. The van der Waals surface area contributed by atoms with E-state index in [0.717, 1.165) is 0 Å². The fourth-order valence-electron chi connectivity index (χ4n) is 1.37. The topological polar surface area (TPSA) is 54.9 Å². The second-order valence-electron chi connectivity index (χ2n) is 3.23. The number of fused-ring (bicyclic) bond motifs is 1. The minimum Gasteiger partial charge on any atom is -0.354 e. The van der Waals surface area contributed by atoms with Crippen LogP contribution < -0.4 is 5.32 Å². The van der Waals surface area contributed by atoms with E-state index in [-0.39, 0.29) is 10.7 Å². The molecule has 1 amide bonds. The fourth-order valence-corrected chi connectivity index (χ4v) is 2.17. The Morgan fingerprint density at radius 3 is 2.59 bits per heavy atom. The van der Waals surface area contributed by atoms with Crippen molar-refractivity contribution >= 4 is 51.6 Å². The molecule has 0 saturated heterocycles. The molecule has 0 radical (unpaired) electrons. The zero-order valence-electron chi connectivity index (χ0n) is 8.59. The van der Waals surface area contributed by atoms with E-state index in [2.05, 4.69) is 15.5 Å². The minimum absolute atomic E-state index is 0.0417. The maximum Gasteiger partial charge on any atom is 0.273 e. The lowest BCUT2D eigenvalue weighted by Gasteiger charge is -2.06. The smallest absolute Gasteiger partial charge is 0.273 e. The lowest BCUT2D eigenvalue weighted by Crippen LogP contribution is -2.20. The molecule has 0 aliphatic carbocycles. The summed E-state index contributed by atoms with van der Waals surface area (Å²) in [6.07, 6.45) is 0. The van der Waals surface area contributed by atoms with Crippen LogP contribution in [0.25, 0.3) is 10.9 Å². The van der Waals surface area contributed by atoms with Crippen LogP contribution in [0.1, 0.15) is 10.5 Å². The monoisotopic (exact) mass is 289 g/mol. The zero-order chi connectivity index (χ0) is 12.6. The summed E-state index contributed by atoms with van der Waals surface area (Å²) in [7, 11) is 1.48. The summed E-state index contributed by atoms with van der Waals surface area (Å²) in [5, 5.41) is 11.5. The molecule has 0 aliphatic rings. The van der Waals surface area contributed by atoms with Gasteiger partial charge in [-0.25, -0.2) is 0 Å². The summed E-state index contributed by atoms with van der Waals surface area (Å²) in [6.45, 7) is 0. The van der Waals surface area contributed by atoms with Gasteiger partial charge in [0.2, 0.25) is 0 Å². The molecule has 2 rings (SSSR count). The zero-order valence-corrected chi connectivity index (χ0v) is 10.9. The quantitative estimate of drug-likeness (QED) is 0.878. The van der Waals surface area contributed by atoms with E-state index >= 15 is 0 Å². The highest BCUT2D eigenvalue weighted by Gasteiger charge is 2.16. The maximum absolute atomic E-state index is 11.5. The van der Waals surface area contributed by atoms with Crippen LogP contribution in [0.5, 0.6) is 0 Å². The Kier molecular flexibility index (Phi) is 3.38. The van der Waals surface area contributed by atoms with E-state index in [1.54, 1.807) is 6.07 Å². The number of hydrogen-bond acceptors (Lipinski definition) is 3. The maximum atomic E-state index is 11.5. The summed E-state index contributed by atoms with van der Waals surface area (Å²) in [5.74, 6) is -0.416. The van der Waals surface area contributed by atoms with Crippen molar-refractivity contribution in [1.29, 1.82) is 0 Å². The summed E-state index contributed by atoms with van der Waals surface area (Å²) in [6, 6.07) is 3.13. The van der Waals surface area contributed by atoms with Gasteiger partial charge in [-0.3, -0.25) is 4.79 Å². The molecule has 1 aromatic heterocycles. The highest BCUT2D eigenvalue weighted by molar-refractivity contribution is 6.42. The molecule has 2 aromatic rings. The van der Waals surface area contributed by atoms with E-state index in [1.165, 1.54) is 13.1 Å². The molecule has 1 N–H and O–H groups in total.